The molecule has 4 fully saturated rings. The molecule has 14 atom stereocenters. The fourth-order valence-electron chi connectivity index (χ4n) is 8.87. The maximum Gasteiger partial charge on any atom is 0.446 e. The van der Waals surface area contributed by atoms with Crippen molar-refractivity contribution in [1.82, 2.24) is 49.7 Å². The Bertz CT molecular complexity index is 3570. The van der Waals surface area contributed by atoms with Crippen molar-refractivity contribution >= 4 is 83.5 Å². The molecule has 0 aromatic carbocycles. The number of H-pyrrole nitrogens is 4. The van der Waals surface area contributed by atoms with Crippen molar-refractivity contribution < 1.29 is 189 Å². The molecule has 56 nitrogen and oxygen atoms in total. The van der Waals surface area contributed by atoms with Crippen LogP contribution < -0.4 is 95.9 Å². The van der Waals surface area contributed by atoms with Crippen LogP contribution in [0.1, 0.15) is 69.9 Å². The zero-order valence-corrected chi connectivity index (χ0v) is 58.0. The number of quaternary nitrogens is 2. The van der Waals surface area contributed by atoms with Crippen LogP contribution in [0.4, 0.5) is 23.8 Å². The summed E-state index contributed by atoms with van der Waals surface area (Å²) in [7, 11) is 0. The van der Waals surface area contributed by atoms with Gasteiger partial charge in [-0.05, 0) is 6.08 Å². The van der Waals surface area contributed by atoms with E-state index in [4.69, 9.17) is 92.9 Å². The lowest BCUT2D eigenvalue weighted by molar-refractivity contribution is -0.776. The molecule has 8 rings (SSSR count). The Balaban J connectivity index is 0.000000644. The topological polar surface area (TPSA) is 947 Å². The van der Waals surface area contributed by atoms with E-state index >= 15 is 0 Å². The maximum atomic E-state index is 11.5. The number of ether oxygens (including phenoxy) is 4. The lowest BCUT2D eigenvalue weighted by atomic mass is 10.2. The number of nitrogens with one attached hydrogen (secondary N) is 4. The van der Waals surface area contributed by atoms with Crippen LogP contribution in [0.2, 0.25) is 0 Å². The molecule has 111 heavy (non-hydrogen) atoms. The molecule has 8 heterocycles. The highest BCUT2D eigenvalue weighted by atomic mass is 16.6. The molecule has 0 spiro atoms. The number of carboxylic acids is 10. The summed E-state index contributed by atoms with van der Waals surface area (Å²) in [4.78, 5) is 173. The zero-order chi connectivity index (χ0) is 84.7. The van der Waals surface area contributed by atoms with Crippen molar-refractivity contribution in [3.63, 3.8) is 0 Å². The van der Waals surface area contributed by atoms with Crippen molar-refractivity contribution in [2.75, 3.05) is 88.6 Å². The van der Waals surface area contributed by atoms with Crippen LogP contribution in [0.3, 0.4) is 0 Å². The van der Waals surface area contributed by atoms with E-state index < -0.39 is 201 Å². The van der Waals surface area contributed by atoms with Crippen LogP contribution in [0.25, 0.3) is 0 Å². The standard InChI is InChI=1S/C10H16N2O8.4C8H12N4O4.C5H9NO4.C4H7NO4.C4H4O4/c13-7(14)3-11(4-8(15)16)1-2-12(5-9(17)18)6-10(19)20;4*9-7-10-3-12(8(15)11-7)6-1-4(14)5(2-13)16-6;6-3(5(9)10)1-2-4(7)8;5-2(4(8)9)1-3(6)7;5-3(6)1-2-4(7)8/h1-6H2,(H,13,14)(H,15,16)(H,17,18)(H,19,20);4*3-6,13-14H,1-2H2,(H2,9,11,15);3H,1-2,6H2,(H,7,8)(H,9,10);2H,1,5H2,(H,6,7)(H,8,9);1-2H,(H,5,6)(H,7,8)/p+2/b;;;;;;;2-1+/t;4*4?,5-,6-;;;/m.1111.../s1. The van der Waals surface area contributed by atoms with Gasteiger partial charge in [0.1, 0.15) is 30.5 Å². The number of aliphatic carboxylic acids is 10. The number of carboxylic acid groups (broad SMARTS) is 10. The molecular formula is C55H86N20O36+2. The normalized spacial score (nSPS) is 21.8. The number of nitrogens with two attached hydrogens (primary N) is 4. The summed E-state index contributed by atoms with van der Waals surface area (Å²) in [5.41, 5.74) is 25.6. The van der Waals surface area contributed by atoms with Gasteiger partial charge in [0, 0.05) is 63.8 Å². The van der Waals surface area contributed by atoms with E-state index in [1.165, 1.54) is 43.6 Å². The van der Waals surface area contributed by atoms with E-state index in [0.29, 0.717) is 12.2 Å². The molecule has 0 aliphatic carbocycles. The Morgan fingerprint density at radius 3 is 0.919 bits per heavy atom. The van der Waals surface area contributed by atoms with Crippen molar-refractivity contribution in [3.8, 4) is 0 Å². The maximum absolute atomic E-state index is 11.5. The predicted octanol–water partition coefficient (Wildman–Crippen LogP) is -21.9. The van der Waals surface area contributed by atoms with E-state index in [1.807, 2.05) is 0 Å². The Kier molecular flexibility index (Phi) is 43.2. The first-order valence-corrected chi connectivity index (χ1v) is 31.6. The van der Waals surface area contributed by atoms with Crippen LogP contribution in [0.5, 0.6) is 0 Å². The highest BCUT2D eigenvalue weighted by molar-refractivity contribution is 5.88. The second kappa shape index (κ2) is 49.3. The second-order valence-electron chi connectivity index (χ2n) is 22.9. The van der Waals surface area contributed by atoms with E-state index in [-0.39, 0.29) is 102 Å². The minimum absolute atomic E-state index is 0.0125. The van der Waals surface area contributed by atoms with Crippen molar-refractivity contribution in [1.29, 1.82) is 0 Å². The summed E-state index contributed by atoms with van der Waals surface area (Å²) in [5, 5.41) is 163. The summed E-state index contributed by atoms with van der Waals surface area (Å²) in [5.74, 6) is -12.9. The highest BCUT2D eigenvalue weighted by Crippen LogP contribution is 2.26. The molecule has 32 N–H and O–H groups in total. The fourth-order valence-corrected chi connectivity index (χ4v) is 8.87. The Morgan fingerprint density at radius 1 is 0.468 bits per heavy atom. The predicted molar refractivity (Wildman–Crippen MR) is 339 cm³/mol. The molecule has 0 radical (unpaired) electrons. The monoisotopic (exact) mass is 1600 g/mol. The Hall–Kier alpha value is -11.8. The van der Waals surface area contributed by atoms with Crippen molar-refractivity contribution in [3.05, 3.63) is 79.4 Å². The SMILES string of the molecule is Nc1nc[n+]([C@H]2CC(O)[C@@H](CO)O2)c(=O)[nH]1.Nc1nc[n+]([C@H]2CC(O)[C@@H](CO)O2)c(=O)[nH]1.Nc1nc[n+]([C@H]2CC(O)[C@@H](CO)O2)c(=O)[nH]1.Nc1nc[n+]([C@H]2CC(O)[C@@H](CO)O2)c(=O)[nH]1.O=C([O-])/C=C/C(=O)O.O=C([O-])CN(CCN(CC(=O)O)CC(=O)O)CC(=O)O.[NH3+]C(CC(=O)[O-])C(=O)O.[NH3+]C(CCC(=O)O)C(=O)[O-]. The Morgan fingerprint density at radius 2 is 0.748 bits per heavy atom. The number of aromatic amines is 4. The summed E-state index contributed by atoms with van der Waals surface area (Å²) < 4.78 is 25.9. The molecule has 0 amide bonds. The molecule has 0 bridgehead atoms. The molecule has 620 valence electrons. The minimum atomic E-state index is -1.51. The third kappa shape index (κ3) is 37.8. The van der Waals surface area contributed by atoms with Crippen LogP contribution in [-0.4, -0.2) is 307 Å². The van der Waals surface area contributed by atoms with Gasteiger partial charge in [0.2, 0.25) is 25.3 Å². The van der Waals surface area contributed by atoms with E-state index in [9.17, 15) is 108 Å². The number of hydrogen-bond acceptors (Lipinski definition) is 40. The van der Waals surface area contributed by atoms with Crippen LogP contribution in [0, 0.1) is 0 Å². The average Bonchev–Trinajstić information content (AvgIpc) is 1.72. The second-order valence-corrected chi connectivity index (χ2v) is 22.9. The number of rotatable bonds is 28. The molecule has 6 unspecified atom stereocenters. The fraction of sp³-hybridized carbons (Fsp3) is 0.564. The number of aliphatic hydroxyl groups excluding tert-OH is 8. The minimum Gasteiger partial charge on any atom is -0.550 e. The van der Waals surface area contributed by atoms with E-state index in [0.717, 1.165) is 9.80 Å². The molecule has 4 aliphatic heterocycles. The number of hydrogen-bond donors (Lipinski definition) is 24. The number of nitrogen functional groups attached to an aromatic ring is 4. The first kappa shape index (κ1) is 97.3. The number of carbonyl (C=O) groups is 10. The lowest BCUT2D eigenvalue weighted by Crippen LogP contribution is -2.68. The number of anilines is 4. The average molecular weight is 1600 g/mol. The van der Waals surface area contributed by atoms with Gasteiger partial charge < -0.3 is 164 Å². The summed E-state index contributed by atoms with van der Waals surface area (Å²) in [6, 6.07) is -2.02. The number of aromatic nitrogens is 12. The number of carbonyl (C=O) groups excluding carboxylic acids is 4. The molecule has 4 saturated heterocycles. The molecule has 0 saturated carbocycles. The Labute approximate surface area is 619 Å². The lowest BCUT2D eigenvalue weighted by Gasteiger charge is -2.24. The van der Waals surface area contributed by atoms with Gasteiger partial charge in [-0.1, -0.05) is 19.9 Å². The molecular weight excluding hydrogens is 1520 g/mol. The van der Waals surface area contributed by atoms with Gasteiger partial charge in [-0.2, -0.15) is 38.2 Å². The summed E-state index contributed by atoms with van der Waals surface area (Å²) in [6.45, 7) is -3.67. The number of aliphatic hydroxyl groups is 8. The van der Waals surface area contributed by atoms with Gasteiger partial charge in [0.25, 0.3) is 0 Å². The van der Waals surface area contributed by atoms with Crippen molar-refractivity contribution in [2.24, 2.45) is 0 Å². The van der Waals surface area contributed by atoms with Crippen molar-refractivity contribution in [2.45, 2.75) is 131 Å². The van der Waals surface area contributed by atoms with Crippen LogP contribution in [-0.2, 0) is 66.9 Å². The first-order valence-electron chi connectivity index (χ1n) is 31.6. The summed E-state index contributed by atoms with van der Waals surface area (Å²) in [6.07, 6.45) is -2.27. The molecule has 56 heteroatoms. The van der Waals surface area contributed by atoms with E-state index in [1.54, 1.807) is 0 Å². The van der Waals surface area contributed by atoms with Gasteiger partial charge in [-0.3, -0.25) is 29.0 Å². The van der Waals surface area contributed by atoms with Gasteiger partial charge in [0.05, 0.1) is 101 Å². The third-order valence-corrected chi connectivity index (χ3v) is 14.3. The molecule has 4 aliphatic rings. The highest BCUT2D eigenvalue weighted by Gasteiger charge is 2.41. The molecule has 4 aromatic rings. The van der Waals surface area contributed by atoms with Gasteiger partial charge in [0.15, 0.2) is 31.0 Å². The summed E-state index contributed by atoms with van der Waals surface area (Å²) >= 11 is 0. The number of nitrogens with zero attached hydrogens (tertiary/aromatic N) is 10. The zero-order valence-electron chi connectivity index (χ0n) is 58.0. The third-order valence-electron chi connectivity index (χ3n) is 14.3. The van der Waals surface area contributed by atoms with Gasteiger partial charge in [-0.25, -0.2) is 28.8 Å². The first-order chi connectivity index (χ1) is 51.9. The molecule has 4 aromatic heterocycles. The van der Waals surface area contributed by atoms with E-state index in [2.05, 4.69) is 51.3 Å². The van der Waals surface area contributed by atoms with Crippen LogP contribution in [0.15, 0.2) is 56.6 Å². The largest absolute Gasteiger partial charge is 0.550 e. The smallest absolute Gasteiger partial charge is 0.446 e. The quantitative estimate of drug-likeness (QED) is 0.0185. The van der Waals surface area contributed by atoms with Gasteiger partial charge in [-0.15, -0.1) is 0 Å². The van der Waals surface area contributed by atoms with Crippen LogP contribution >= 0.6 is 0 Å². The van der Waals surface area contributed by atoms with Gasteiger partial charge >= 0.3 is 82.4 Å².